The summed E-state index contributed by atoms with van der Waals surface area (Å²) in [6, 6.07) is 4.81. The molecule has 1 aromatic rings. The van der Waals surface area contributed by atoms with Crippen LogP contribution in [0.15, 0.2) is 18.2 Å². The van der Waals surface area contributed by atoms with E-state index in [0.717, 1.165) is 25.2 Å². The van der Waals surface area contributed by atoms with Gasteiger partial charge < -0.3 is 16.4 Å². The number of carbonyl (C=O) groups excluding carboxylic acids is 2. The van der Waals surface area contributed by atoms with E-state index in [0.29, 0.717) is 17.5 Å². The van der Waals surface area contributed by atoms with Gasteiger partial charge in [-0.2, -0.15) is 0 Å². The van der Waals surface area contributed by atoms with Gasteiger partial charge in [0.2, 0.25) is 11.8 Å². The maximum Gasteiger partial charge on any atom is 0.248 e. The molecule has 4 N–H and O–H groups in total. The summed E-state index contributed by atoms with van der Waals surface area (Å²) < 4.78 is 0. The van der Waals surface area contributed by atoms with E-state index in [1.54, 1.807) is 18.2 Å². The summed E-state index contributed by atoms with van der Waals surface area (Å²) in [7, 11) is 0. The molecule has 5 heteroatoms. The fourth-order valence-corrected chi connectivity index (χ4v) is 2.48. The maximum absolute atomic E-state index is 11.4. The number of nitrogens with zero attached hydrogens (tertiary/aromatic N) is 1. The van der Waals surface area contributed by atoms with Gasteiger partial charge in [-0.3, -0.25) is 9.59 Å². The number of benzene rings is 1. The van der Waals surface area contributed by atoms with E-state index in [9.17, 15) is 9.59 Å². The molecular formula is C14H19N3O2. The number of likely N-dealkylation sites (tertiary alicyclic amines) is 1. The van der Waals surface area contributed by atoms with Gasteiger partial charge in [0.1, 0.15) is 0 Å². The van der Waals surface area contributed by atoms with Gasteiger partial charge >= 0.3 is 0 Å². The molecular weight excluding hydrogens is 242 g/mol. The van der Waals surface area contributed by atoms with E-state index < -0.39 is 11.8 Å². The van der Waals surface area contributed by atoms with Crippen molar-refractivity contribution in [3.05, 3.63) is 34.9 Å². The van der Waals surface area contributed by atoms with Crippen LogP contribution < -0.4 is 11.5 Å². The molecule has 2 amide bonds. The van der Waals surface area contributed by atoms with Crippen LogP contribution in [0.5, 0.6) is 0 Å². The van der Waals surface area contributed by atoms with Crippen molar-refractivity contribution in [2.45, 2.75) is 19.3 Å². The van der Waals surface area contributed by atoms with E-state index >= 15 is 0 Å². The van der Waals surface area contributed by atoms with E-state index in [2.05, 4.69) is 4.90 Å². The summed E-state index contributed by atoms with van der Waals surface area (Å²) in [5.41, 5.74) is 12.3. The highest BCUT2D eigenvalue weighted by atomic mass is 16.1. The van der Waals surface area contributed by atoms with E-state index in [-0.39, 0.29) is 0 Å². The van der Waals surface area contributed by atoms with Gasteiger partial charge in [0.25, 0.3) is 0 Å². The zero-order valence-electron chi connectivity index (χ0n) is 10.9. The first-order valence-corrected chi connectivity index (χ1v) is 6.53. The van der Waals surface area contributed by atoms with Crippen LogP contribution in [0.2, 0.25) is 0 Å². The third kappa shape index (κ3) is 3.32. The minimum Gasteiger partial charge on any atom is -0.366 e. The second-order valence-corrected chi connectivity index (χ2v) is 4.90. The third-order valence-corrected chi connectivity index (χ3v) is 3.55. The first-order chi connectivity index (χ1) is 9.08. The quantitative estimate of drug-likeness (QED) is 0.809. The predicted molar refractivity (Wildman–Crippen MR) is 72.9 cm³/mol. The molecule has 1 heterocycles. The van der Waals surface area contributed by atoms with Gasteiger partial charge in [-0.15, -0.1) is 0 Å². The first kappa shape index (κ1) is 13.5. The Morgan fingerprint density at radius 2 is 1.79 bits per heavy atom. The van der Waals surface area contributed by atoms with Gasteiger partial charge in [-0.25, -0.2) is 0 Å². The van der Waals surface area contributed by atoms with Crippen LogP contribution in [0, 0.1) is 0 Å². The largest absolute Gasteiger partial charge is 0.366 e. The van der Waals surface area contributed by atoms with Crippen molar-refractivity contribution in [1.82, 2.24) is 4.90 Å². The lowest BCUT2D eigenvalue weighted by molar-refractivity contribution is 0.0987. The van der Waals surface area contributed by atoms with E-state index in [1.807, 2.05) is 0 Å². The molecule has 1 fully saturated rings. The summed E-state index contributed by atoms with van der Waals surface area (Å²) >= 11 is 0. The fourth-order valence-electron chi connectivity index (χ4n) is 2.48. The zero-order valence-corrected chi connectivity index (χ0v) is 10.9. The van der Waals surface area contributed by atoms with E-state index in [1.165, 1.54) is 12.8 Å². The van der Waals surface area contributed by atoms with Crippen LogP contribution in [0.3, 0.4) is 0 Å². The number of hydrogen-bond acceptors (Lipinski definition) is 3. The molecule has 0 saturated carbocycles. The number of carbonyl (C=O) groups is 2. The van der Waals surface area contributed by atoms with Crippen molar-refractivity contribution < 1.29 is 9.59 Å². The Bertz CT molecular complexity index is 493. The van der Waals surface area contributed by atoms with Crippen molar-refractivity contribution >= 4 is 11.8 Å². The molecule has 0 radical (unpaired) electrons. The molecule has 102 valence electrons. The number of nitrogens with two attached hydrogens (primary N) is 2. The standard InChI is InChI=1S/C14H19N3O2/c15-13(18)11-3-4-12(14(16)19)10(9-11)5-8-17-6-1-2-7-17/h3-4,9H,1-2,5-8H2,(H2,15,18)(H2,16,19). The number of amides is 2. The lowest BCUT2D eigenvalue weighted by atomic mass is 10.00. The second kappa shape index (κ2) is 5.84. The second-order valence-electron chi connectivity index (χ2n) is 4.90. The highest BCUT2D eigenvalue weighted by molar-refractivity contribution is 5.97. The van der Waals surface area contributed by atoms with Gasteiger partial charge in [-0.1, -0.05) is 0 Å². The number of rotatable bonds is 5. The lowest BCUT2D eigenvalue weighted by Gasteiger charge is -2.15. The average Bonchev–Trinajstić information content (AvgIpc) is 2.88. The van der Waals surface area contributed by atoms with Crippen LogP contribution in [-0.4, -0.2) is 36.3 Å². The molecule has 1 aliphatic heterocycles. The van der Waals surface area contributed by atoms with Crippen molar-refractivity contribution in [1.29, 1.82) is 0 Å². The Kier molecular flexibility index (Phi) is 4.16. The van der Waals surface area contributed by atoms with Crippen molar-refractivity contribution in [2.75, 3.05) is 19.6 Å². The van der Waals surface area contributed by atoms with E-state index in [4.69, 9.17) is 11.5 Å². The Morgan fingerprint density at radius 3 is 2.37 bits per heavy atom. The van der Waals surface area contributed by atoms with Crippen LogP contribution in [0.1, 0.15) is 39.1 Å². The maximum atomic E-state index is 11.4. The van der Waals surface area contributed by atoms with Crippen LogP contribution >= 0.6 is 0 Å². The van der Waals surface area contributed by atoms with Crippen LogP contribution in [-0.2, 0) is 6.42 Å². The van der Waals surface area contributed by atoms with Gasteiger partial charge in [-0.05, 0) is 56.1 Å². The molecule has 0 aromatic heterocycles. The summed E-state index contributed by atoms with van der Waals surface area (Å²) in [4.78, 5) is 24.9. The molecule has 0 atom stereocenters. The van der Waals surface area contributed by atoms with Crippen LogP contribution in [0.25, 0.3) is 0 Å². The smallest absolute Gasteiger partial charge is 0.248 e. The normalized spacial score (nSPS) is 15.6. The SMILES string of the molecule is NC(=O)c1ccc(C(N)=O)c(CCN2CCCC2)c1. The summed E-state index contributed by atoms with van der Waals surface area (Å²) in [6.07, 6.45) is 3.16. The monoisotopic (exact) mass is 261 g/mol. The molecule has 0 bridgehead atoms. The summed E-state index contributed by atoms with van der Waals surface area (Å²) in [6.45, 7) is 3.07. The average molecular weight is 261 g/mol. The minimum atomic E-state index is -0.488. The molecule has 0 aliphatic carbocycles. The minimum absolute atomic E-state index is 0.418. The first-order valence-electron chi connectivity index (χ1n) is 6.53. The van der Waals surface area contributed by atoms with Crippen molar-refractivity contribution in [3.63, 3.8) is 0 Å². The predicted octanol–water partition coefficient (Wildman–Crippen LogP) is 0.523. The molecule has 1 aliphatic rings. The van der Waals surface area contributed by atoms with Crippen LogP contribution in [0.4, 0.5) is 0 Å². The van der Waals surface area contributed by atoms with Gasteiger partial charge in [0, 0.05) is 17.7 Å². The molecule has 0 spiro atoms. The molecule has 19 heavy (non-hydrogen) atoms. The van der Waals surface area contributed by atoms with Gasteiger partial charge in [0.05, 0.1) is 0 Å². The number of primary amides is 2. The van der Waals surface area contributed by atoms with Gasteiger partial charge in [0.15, 0.2) is 0 Å². The highest BCUT2D eigenvalue weighted by Gasteiger charge is 2.15. The van der Waals surface area contributed by atoms with Crippen molar-refractivity contribution in [3.8, 4) is 0 Å². The Morgan fingerprint density at radius 1 is 1.11 bits per heavy atom. The highest BCUT2D eigenvalue weighted by Crippen LogP contribution is 2.15. The third-order valence-electron chi connectivity index (χ3n) is 3.55. The summed E-state index contributed by atoms with van der Waals surface area (Å²) in [5.74, 6) is -0.953. The molecule has 0 unspecified atom stereocenters. The molecule has 1 aromatic carbocycles. The number of hydrogen-bond donors (Lipinski definition) is 2. The molecule has 5 nitrogen and oxygen atoms in total. The Labute approximate surface area is 112 Å². The van der Waals surface area contributed by atoms with Crippen molar-refractivity contribution in [2.24, 2.45) is 11.5 Å². The zero-order chi connectivity index (χ0) is 13.8. The molecule has 2 rings (SSSR count). The molecule has 1 saturated heterocycles. The summed E-state index contributed by atoms with van der Waals surface area (Å²) in [5, 5.41) is 0. The lowest BCUT2D eigenvalue weighted by Crippen LogP contribution is -2.24. The fraction of sp³-hybridized carbons (Fsp3) is 0.429. The topological polar surface area (TPSA) is 89.4 Å². The Hall–Kier alpha value is -1.88. The Balaban J connectivity index is 2.16.